The van der Waals surface area contributed by atoms with E-state index >= 15 is 0 Å². The van der Waals surface area contributed by atoms with Gasteiger partial charge in [-0.05, 0) is 115 Å². The van der Waals surface area contributed by atoms with E-state index in [-0.39, 0.29) is 11.5 Å². The van der Waals surface area contributed by atoms with Crippen molar-refractivity contribution in [2.75, 3.05) is 0 Å². The van der Waals surface area contributed by atoms with E-state index in [1.54, 1.807) is 18.2 Å². The lowest BCUT2D eigenvalue weighted by Gasteiger charge is -2.19. The van der Waals surface area contributed by atoms with Crippen LogP contribution in [0.25, 0.3) is 54.6 Å². The van der Waals surface area contributed by atoms with Gasteiger partial charge in [0.2, 0.25) is 0 Å². The first-order chi connectivity index (χ1) is 17.0. The molecule has 0 heterocycles. The molecule has 0 aromatic heterocycles. The number of fused-ring (bicyclic) bond motifs is 3. The third-order valence-electron chi connectivity index (χ3n) is 6.82. The summed E-state index contributed by atoms with van der Waals surface area (Å²) in [7, 11) is 0. The van der Waals surface area contributed by atoms with E-state index in [0.717, 1.165) is 55.6 Å². The third-order valence-corrected chi connectivity index (χ3v) is 7.07. The van der Waals surface area contributed by atoms with Crippen LogP contribution in [0.2, 0.25) is 5.02 Å². The topological polar surface area (TPSA) is 40.5 Å². The summed E-state index contributed by atoms with van der Waals surface area (Å²) in [5.41, 5.74) is 5.49. The maximum absolute atomic E-state index is 10.5. The molecule has 0 radical (unpaired) electrons. The number of phenolic OH excluding ortho intramolecular Hbond substituents is 2. The molecule has 0 bridgehead atoms. The van der Waals surface area contributed by atoms with E-state index in [4.69, 9.17) is 11.6 Å². The Hall–Kier alpha value is -4.01. The largest absolute Gasteiger partial charge is 0.508 e. The van der Waals surface area contributed by atoms with E-state index in [1.165, 1.54) is 10.9 Å². The highest BCUT2D eigenvalue weighted by Crippen LogP contribution is 2.46. The first-order valence-electron chi connectivity index (χ1n) is 11.7. The summed E-state index contributed by atoms with van der Waals surface area (Å²) in [6.45, 7) is 2.17. The van der Waals surface area contributed by atoms with Crippen molar-refractivity contribution in [3.8, 4) is 33.8 Å². The highest BCUT2D eigenvalue weighted by Gasteiger charge is 2.18. The molecule has 0 saturated heterocycles. The Morgan fingerprint density at radius 3 is 1.80 bits per heavy atom. The van der Waals surface area contributed by atoms with Crippen LogP contribution in [0.3, 0.4) is 0 Å². The molecule has 0 saturated carbocycles. The Morgan fingerprint density at radius 1 is 0.543 bits per heavy atom. The summed E-state index contributed by atoms with van der Waals surface area (Å²) in [6.07, 6.45) is 0.980. The van der Waals surface area contributed by atoms with Crippen molar-refractivity contribution in [3.63, 3.8) is 0 Å². The van der Waals surface area contributed by atoms with Crippen molar-refractivity contribution in [1.29, 1.82) is 0 Å². The molecule has 6 aromatic rings. The van der Waals surface area contributed by atoms with Gasteiger partial charge >= 0.3 is 0 Å². The Labute approximate surface area is 208 Å². The van der Waals surface area contributed by atoms with Gasteiger partial charge in [0.15, 0.2) is 0 Å². The van der Waals surface area contributed by atoms with Crippen LogP contribution in [0.5, 0.6) is 11.5 Å². The molecule has 0 fully saturated rings. The minimum Gasteiger partial charge on any atom is -0.508 e. The molecule has 2 nitrogen and oxygen atoms in total. The summed E-state index contributed by atoms with van der Waals surface area (Å²) in [5.74, 6) is 0.438. The zero-order valence-electron chi connectivity index (χ0n) is 19.2. The summed E-state index contributed by atoms with van der Waals surface area (Å²) in [5, 5.41) is 27.7. The molecular weight excluding hydrogens is 452 g/mol. The second-order valence-electron chi connectivity index (χ2n) is 8.97. The predicted molar refractivity (Wildman–Crippen MR) is 148 cm³/mol. The Kier molecular flexibility index (Phi) is 5.12. The normalized spacial score (nSPS) is 11.5. The van der Waals surface area contributed by atoms with Crippen LogP contribution in [0.15, 0.2) is 97.1 Å². The van der Waals surface area contributed by atoms with Gasteiger partial charge in [0.25, 0.3) is 0 Å². The zero-order valence-corrected chi connectivity index (χ0v) is 20.0. The van der Waals surface area contributed by atoms with Crippen LogP contribution >= 0.6 is 11.6 Å². The van der Waals surface area contributed by atoms with Gasteiger partial charge in [0.1, 0.15) is 11.5 Å². The third kappa shape index (κ3) is 3.67. The molecule has 3 heteroatoms. The van der Waals surface area contributed by atoms with Gasteiger partial charge in [-0.15, -0.1) is 0 Å². The van der Waals surface area contributed by atoms with E-state index in [0.29, 0.717) is 5.02 Å². The standard InChI is InChI=1S/C32H23ClO2/c1-2-19-3-4-22-16-28-29(17-23(22)15-19)31(20-5-9-24(33)10-6-20)27-14-13-26(35)18-30(27)32(28)21-7-11-25(34)12-8-21/h3-18,34-35H,2H2,1H3. The second-order valence-corrected chi connectivity index (χ2v) is 9.40. The maximum atomic E-state index is 10.5. The molecule has 2 N–H and O–H groups in total. The first kappa shape index (κ1) is 21.5. The molecule has 170 valence electrons. The number of aryl methyl sites for hydroxylation is 1. The maximum Gasteiger partial charge on any atom is 0.116 e. The van der Waals surface area contributed by atoms with Crippen LogP contribution in [0.4, 0.5) is 0 Å². The molecular formula is C32H23ClO2. The van der Waals surface area contributed by atoms with Crippen LogP contribution in [-0.2, 0) is 6.42 Å². The Balaban J connectivity index is 1.85. The minimum atomic E-state index is 0.215. The second kappa shape index (κ2) is 8.33. The predicted octanol–water partition coefficient (Wildman–Crippen LogP) is 9.11. The van der Waals surface area contributed by atoms with Crippen LogP contribution in [0, 0.1) is 0 Å². The lowest BCUT2D eigenvalue weighted by molar-refractivity contribution is 0.475. The van der Waals surface area contributed by atoms with Crippen molar-refractivity contribution in [2.24, 2.45) is 0 Å². The van der Waals surface area contributed by atoms with Gasteiger partial charge in [-0.2, -0.15) is 0 Å². The lowest BCUT2D eigenvalue weighted by Crippen LogP contribution is -1.92. The average molecular weight is 475 g/mol. The van der Waals surface area contributed by atoms with E-state index in [9.17, 15) is 10.2 Å². The van der Waals surface area contributed by atoms with Gasteiger partial charge in [-0.3, -0.25) is 0 Å². The summed E-state index contributed by atoms with van der Waals surface area (Å²) >= 11 is 6.23. The molecule has 35 heavy (non-hydrogen) atoms. The number of hydrogen-bond donors (Lipinski definition) is 2. The summed E-state index contributed by atoms with van der Waals surface area (Å²) in [6, 6.07) is 31.9. The quantitative estimate of drug-likeness (QED) is 0.251. The van der Waals surface area contributed by atoms with Crippen molar-refractivity contribution in [1.82, 2.24) is 0 Å². The minimum absolute atomic E-state index is 0.215. The molecule has 0 unspecified atom stereocenters. The Bertz CT molecular complexity index is 1730. The van der Waals surface area contributed by atoms with Crippen molar-refractivity contribution in [3.05, 3.63) is 108 Å². The van der Waals surface area contributed by atoms with Gasteiger partial charge in [-0.1, -0.05) is 67.1 Å². The summed E-state index contributed by atoms with van der Waals surface area (Å²) < 4.78 is 0. The van der Waals surface area contributed by atoms with Crippen molar-refractivity contribution in [2.45, 2.75) is 13.3 Å². The molecule has 0 aliphatic heterocycles. The number of benzene rings is 6. The van der Waals surface area contributed by atoms with E-state index in [1.807, 2.05) is 36.4 Å². The number of halogens is 1. The van der Waals surface area contributed by atoms with Crippen LogP contribution < -0.4 is 0 Å². The highest BCUT2D eigenvalue weighted by atomic mass is 35.5. The van der Waals surface area contributed by atoms with Gasteiger partial charge in [0.05, 0.1) is 0 Å². The van der Waals surface area contributed by atoms with Crippen molar-refractivity contribution >= 4 is 43.9 Å². The van der Waals surface area contributed by atoms with E-state index in [2.05, 4.69) is 49.4 Å². The molecule has 6 rings (SSSR count). The van der Waals surface area contributed by atoms with Crippen LogP contribution in [-0.4, -0.2) is 10.2 Å². The fourth-order valence-corrected chi connectivity index (χ4v) is 5.22. The molecule has 0 amide bonds. The monoisotopic (exact) mass is 474 g/mol. The fraction of sp³-hybridized carbons (Fsp3) is 0.0625. The number of phenols is 2. The smallest absolute Gasteiger partial charge is 0.116 e. The van der Waals surface area contributed by atoms with Crippen LogP contribution in [0.1, 0.15) is 12.5 Å². The highest BCUT2D eigenvalue weighted by molar-refractivity contribution is 6.30. The number of rotatable bonds is 3. The molecule has 0 aliphatic rings. The summed E-state index contributed by atoms with van der Waals surface area (Å²) in [4.78, 5) is 0. The lowest BCUT2D eigenvalue weighted by atomic mass is 9.84. The van der Waals surface area contributed by atoms with Gasteiger partial charge in [-0.25, -0.2) is 0 Å². The van der Waals surface area contributed by atoms with Crippen molar-refractivity contribution < 1.29 is 10.2 Å². The SMILES string of the molecule is CCc1ccc2cc3c(-c4ccc(O)cc4)c4cc(O)ccc4c(-c4ccc(Cl)cc4)c3cc2c1. The van der Waals surface area contributed by atoms with Gasteiger partial charge in [0, 0.05) is 5.02 Å². The molecule has 0 spiro atoms. The number of aromatic hydroxyl groups is 2. The molecule has 0 atom stereocenters. The Morgan fingerprint density at radius 2 is 1.11 bits per heavy atom. The first-order valence-corrected chi connectivity index (χ1v) is 12.1. The van der Waals surface area contributed by atoms with Gasteiger partial charge < -0.3 is 10.2 Å². The fourth-order valence-electron chi connectivity index (χ4n) is 5.09. The molecule has 0 aliphatic carbocycles. The number of hydrogen-bond acceptors (Lipinski definition) is 2. The average Bonchev–Trinajstić information content (AvgIpc) is 2.87. The van der Waals surface area contributed by atoms with E-state index < -0.39 is 0 Å². The molecule has 6 aromatic carbocycles. The zero-order chi connectivity index (χ0) is 24.1.